The first-order chi connectivity index (χ1) is 6.63. The fraction of sp³-hybridized carbons (Fsp3) is 0.778. The van der Waals surface area contributed by atoms with E-state index in [9.17, 15) is 9.59 Å². The highest BCUT2D eigenvalue weighted by atomic mass is 16.2. The molecule has 0 aromatic carbocycles. The van der Waals surface area contributed by atoms with Gasteiger partial charge in [0.15, 0.2) is 0 Å². The highest BCUT2D eigenvalue weighted by Gasteiger charge is 2.21. The molecule has 0 radical (unpaired) electrons. The van der Waals surface area contributed by atoms with Crippen molar-refractivity contribution in [1.29, 1.82) is 0 Å². The predicted molar refractivity (Wildman–Crippen MR) is 52.9 cm³/mol. The lowest BCUT2D eigenvalue weighted by atomic mass is 10.2. The Morgan fingerprint density at radius 3 is 3.00 bits per heavy atom. The van der Waals surface area contributed by atoms with Gasteiger partial charge in [0.05, 0.1) is 0 Å². The third kappa shape index (κ3) is 2.90. The summed E-state index contributed by atoms with van der Waals surface area (Å²) in [6, 6.07) is 0.0155. The smallest absolute Gasteiger partial charge is 0.318 e. The molecule has 80 valence electrons. The van der Waals surface area contributed by atoms with E-state index in [1.807, 2.05) is 13.8 Å². The number of hydrogen-bond donors (Lipinski definition) is 2. The maximum Gasteiger partial charge on any atom is 0.318 e. The Morgan fingerprint density at radius 2 is 2.43 bits per heavy atom. The SMILES string of the molecule is CC[C@@H](C)NC(=O)N1CCNC(=O)C1. The predicted octanol–water partition coefficient (Wildman–Crippen LogP) is -0.0737. The average molecular weight is 199 g/mol. The fourth-order valence-electron chi connectivity index (χ4n) is 1.22. The lowest BCUT2D eigenvalue weighted by Gasteiger charge is -2.28. The summed E-state index contributed by atoms with van der Waals surface area (Å²) in [4.78, 5) is 24.1. The van der Waals surface area contributed by atoms with Crippen LogP contribution in [0.5, 0.6) is 0 Å². The Balaban J connectivity index is 2.39. The minimum absolute atomic E-state index is 0.0875. The van der Waals surface area contributed by atoms with Crippen molar-refractivity contribution in [1.82, 2.24) is 15.5 Å². The van der Waals surface area contributed by atoms with Crippen LogP contribution >= 0.6 is 0 Å². The normalized spacial score (nSPS) is 18.7. The van der Waals surface area contributed by atoms with Gasteiger partial charge in [0.25, 0.3) is 0 Å². The number of amides is 3. The van der Waals surface area contributed by atoms with Gasteiger partial charge >= 0.3 is 6.03 Å². The highest BCUT2D eigenvalue weighted by molar-refractivity contribution is 5.85. The summed E-state index contributed by atoms with van der Waals surface area (Å²) < 4.78 is 0. The van der Waals surface area contributed by atoms with Gasteiger partial charge in [0, 0.05) is 19.1 Å². The van der Waals surface area contributed by atoms with E-state index < -0.39 is 0 Å². The van der Waals surface area contributed by atoms with Crippen molar-refractivity contribution in [3.63, 3.8) is 0 Å². The Labute approximate surface area is 83.8 Å². The lowest BCUT2D eigenvalue weighted by molar-refractivity contribution is -0.123. The average Bonchev–Trinajstić information content (AvgIpc) is 2.17. The first-order valence-corrected chi connectivity index (χ1v) is 4.95. The molecule has 1 aliphatic heterocycles. The summed E-state index contributed by atoms with van der Waals surface area (Å²) in [5.74, 6) is -0.0875. The quantitative estimate of drug-likeness (QED) is 0.653. The maximum atomic E-state index is 11.5. The molecule has 0 aliphatic carbocycles. The molecule has 1 atom stereocenters. The van der Waals surface area contributed by atoms with Crippen molar-refractivity contribution in [2.45, 2.75) is 26.3 Å². The third-order valence-electron chi connectivity index (χ3n) is 2.31. The molecule has 1 fully saturated rings. The van der Waals surface area contributed by atoms with Crippen LogP contribution in [0.2, 0.25) is 0 Å². The molecule has 0 aromatic rings. The first-order valence-electron chi connectivity index (χ1n) is 4.95. The Kier molecular flexibility index (Phi) is 3.73. The van der Waals surface area contributed by atoms with Crippen molar-refractivity contribution < 1.29 is 9.59 Å². The summed E-state index contributed by atoms with van der Waals surface area (Å²) in [6.07, 6.45) is 0.895. The second kappa shape index (κ2) is 4.83. The number of piperazine rings is 1. The molecule has 1 aliphatic rings. The standard InChI is InChI=1S/C9H17N3O2/c1-3-7(2)11-9(14)12-5-4-10-8(13)6-12/h7H,3-6H2,1-2H3,(H,10,13)(H,11,14)/t7-/m1/s1. The molecule has 0 unspecified atom stereocenters. The van der Waals surface area contributed by atoms with E-state index in [1.165, 1.54) is 4.90 Å². The largest absolute Gasteiger partial charge is 0.353 e. The molecular formula is C9H17N3O2. The van der Waals surface area contributed by atoms with Crippen LogP contribution in [0.3, 0.4) is 0 Å². The third-order valence-corrected chi connectivity index (χ3v) is 2.31. The second-order valence-electron chi connectivity index (χ2n) is 3.53. The van der Waals surface area contributed by atoms with Crippen LogP contribution in [-0.4, -0.2) is 42.5 Å². The molecule has 1 rings (SSSR count). The van der Waals surface area contributed by atoms with Gasteiger partial charge in [0.2, 0.25) is 5.91 Å². The fourth-order valence-corrected chi connectivity index (χ4v) is 1.22. The summed E-state index contributed by atoms with van der Waals surface area (Å²) in [6.45, 7) is 5.26. The van der Waals surface area contributed by atoms with E-state index in [-0.39, 0.29) is 24.5 Å². The number of carbonyl (C=O) groups is 2. The van der Waals surface area contributed by atoms with Gasteiger partial charge in [-0.3, -0.25) is 4.79 Å². The summed E-state index contributed by atoms with van der Waals surface area (Å²) in [7, 11) is 0. The Morgan fingerprint density at radius 1 is 1.71 bits per heavy atom. The molecule has 5 nitrogen and oxygen atoms in total. The van der Waals surface area contributed by atoms with E-state index >= 15 is 0 Å². The molecule has 14 heavy (non-hydrogen) atoms. The second-order valence-corrected chi connectivity index (χ2v) is 3.53. The van der Waals surface area contributed by atoms with Crippen molar-refractivity contribution >= 4 is 11.9 Å². The number of nitrogens with one attached hydrogen (secondary N) is 2. The van der Waals surface area contributed by atoms with Gasteiger partial charge in [-0.1, -0.05) is 6.92 Å². The van der Waals surface area contributed by atoms with E-state index in [0.717, 1.165) is 6.42 Å². The number of hydrogen-bond acceptors (Lipinski definition) is 2. The molecule has 3 amide bonds. The number of nitrogens with zero attached hydrogens (tertiary/aromatic N) is 1. The molecule has 0 aromatic heterocycles. The first kappa shape index (κ1) is 10.8. The maximum absolute atomic E-state index is 11.5. The van der Waals surface area contributed by atoms with Gasteiger partial charge in [0.1, 0.15) is 6.54 Å². The number of carbonyl (C=O) groups excluding carboxylic acids is 2. The molecule has 0 saturated carbocycles. The van der Waals surface area contributed by atoms with Crippen molar-refractivity contribution in [2.75, 3.05) is 19.6 Å². The molecular weight excluding hydrogens is 182 g/mol. The summed E-state index contributed by atoms with van der Waals surface area (Å²) in [5, 5.41) is 5.50. The minimum Gasteiger partial charge on any atom is -0.353 e. The Hall–Kier alpha value is -1.26. The van der Waals surface area contributed by atoms with E-state index in [2.05, 4.69) is 10.6 Å². The van der Waals surface area contributed by atoms with E-state index in [1.54, 1.807) is 0 Å². The van der Waals surface area contributed by atoms with Crippen molar-refractivity contribution in [3.8, 4) is 0 Å². The minimum atomic E-state index is -0.144. The lowest BCUT2D eigenvalue weighted by Crippen LogP contribution is -2.54. The van der Waals surface area contributed by atoms with Gasteiger partial charge in [-0.25, -0.2) is 4.79 Å². The van der Waals surface area contributed by atoms with Gasteiger partial charge in [-0.15, -0.1) is 0 Å². The number of rotatable bonds is 2. The molecule has 1 saturated heterocycles. The van der Waals surface area contributed by atoms with E-state index in [0.29, 0.717) is 13.1 Å². The van der Waals surface area contributed by atoms with Crippen LogP contribution in [0, 0.1) is 0 Å². The highest BCUT2D eigenvalue weighted by Crippen LogP contribution is 1.96. The molecule has 0 bridgehead atoms. The zero-order valence-electron chi connectivity index (χ0n) is 8.67. The van der Waals surface area contributed by atoms with Crippen LogP contribution in [0.1, 0.15) is 20.3 Å². The van der Waals surface area contributed by atoms with Crippen molar-refractivity contribution in [3.05, 3.63) is 0 Å². The van der Waals surface area contributed by atoms with E-state index in [4.69, 9.17) is 0 Å². The van der Waals surface area contributed by atoms with Crippen LogP contribution in [0.4, 0.5) is 4.79 Å². The molecule has 0 spiro atoms. The van der Waals surface area contributed by atoms with Gasteiger partial charge in [-0.2, -0.15) is 0 Å². The number of urea groups is 1. The van der Waals surface area contributed by atoms with Crippen LogP contribution in [-0.2, 0) is 4.79 Å². The van der Waals surface area contributed by atoms with Crippen LogP contribution in [0.15, 0.2) is 0 Å². The van der Waals surface area contributed by atoms with Crippen LogP contribution in [0.25, 0.3) is 0 Å². The monoisotopic (exact) mass is 199 g/mol. The van der Waals surface area contributed by atoms with Crippen LogP contribution < -0.4 is 10.6 Å². The zero-order chi connectivity index (χ0) is 10.6. The summed E-state index contributed by atoms with van der Waals surface area (Å²) in [5.41, 5.74) is 0. The van der Waals surface area contributed by atoms with Gasteiger partial charge < -0.3 is 15.5 Å². The topological polar surface area (TPSA) is 61.4 Å². The molecule has 5 heteroatoms. The van der Waals surface area contributed by atoms with Crippen molar-refractivity contribution in [2.24, 2.45) is 0 Å². The molecule has 1 heterocycles. The Bertz CT molecular complexity index is 230. The zero-order valence-corrected chi connectivity index (χ0v) is 8.67. The van der Waals surface area contributed by atoms with Gasteiger partial charge in [-0.05, 0) is 13.3 Å². The molecule has 2 N–H and O–H groups in total. The summed E-state index contributed by atoms with van der Waals surface area (Å²) >= 11 is 0.